The van der Waals surface area contributed by atoms with Crippen LogP contribution in [-0.2, 0) is 41.8 Å². The van der Waals surface area contributed by atoms with Gasteiger partial charge in [0.25, 0.3) is 0 Å². The van der Waals surface area contributed by atoms with Crippen molar-refractivity contribution < 1.29 is 71.8 Å². The molecular weight excluding hydrogens is 806 g/mol. The van der Waals surface area contributed by atoms with Crippen molar-refractivity contribution in [2.24, 2.45) is 0 Å². The summed E-state index contributed by atoms with van der Waals surface area (Å²) in [5, 5.41) is 30.2. The minimum atomic E-state index is -4.88. The van der Waals surface area contributed by atoms with Gasteiger partial charge in [0, 0.05) is 12.8 Å². The van der Waals surface area contributed by atoms with Gasteiger partial charge in [-0.25, -0.2) is 9.13 Å². The summed E-state index contributed by atoms with van der Waals surface area (Å²) < 4.78 is 47.6. The Kier molecular flexibility index (Phi) is 36.9. The van der Waals surface area contributed by atoms with E-state index in [0.29, 0.717) is 32.1 Å². The molecule has 0 saturated carbocycles. The molecule has 0 aromatic carbocycles. The fourth-order valence-corrected chi connectivity index (χ4v) is 6.85. The average Bonchev–Trinajstić information content (AvgIpc) is 3.19. The SMILES string of the molecule is CCCCC/C=C\C/C=C\CCCCCCCC(=O)OC[C@H](COP(=O)(O)OC[C@@H](O)COP(=O)(O)O)OC(=O)CCCCCCC[C@H](O)[C@@H](O)C/C=C\CCCCC. The van der Waals surface area contributed by atoms with Crippen LogP contribution in [0.25, 0.3) is 0 Å². The van der Waals surface area contributed by atoms with Gasteiger partial charge >= 0.3 is 27.6 Å². The van der Waals surface area contributed by atoms with Crippen LogP contribution in [0.3, 0.4) is 0 Å². The molecule has 0 radical (unpaired) electrons. The van der Waals surface area contributed by atoms with E-state index >= 15 is 0 Å². The summed E-state index contributed by atoms with van der Waals surface area (Å²) in [6, 6.07) is 0. The standard InChI is InChI=1S/C42H78O15P2/c1-3-5-7-9-11-12-13-14-15-16-17-18-19-23-27-31-41(46)53-35-38(36-56-59(51,52)55-34-37(43)33-54-58(48,49)50)57-42(47)32-28-24-20-22-26-30-40(45)39(44)29-25-21-10-8-6-4-2/h11-12,14-15,21,25,37-40,43-45H,3-10,13,16-20,22-24,26-36H2,1-2H3,(H,51,52)(H2,48,49,50)/b12-11-,15-14-,25-21-/t37-,38+,39-,40-/m0/s1. The molecule has 5 atom stereocenters. The van der Waals surface area contributed by atoms with Gasteiger partial charge in [-0.3, -0.25) is 23.2 Å². The van der Waals surface area contributed by atoms with Crippen molar-refractivity contribution in [3.63, 3.8) is 0 Å². The Balaban J connectivity index is 4.66. The summed E-state index contributed by atoms with van der Waals surface area (Å²) in [5.74, 6) is -1.16. The van der Waals surface area contributed by atoms with Crippen molar-refractivity contribution in [3.8, 4) is 0 Å². The molecule has 0 rings (SSSR count). The molecule has 0 bridgehead atoms. The van der Waals surface area contributed by atoms with Crippen LogP contribution in [0.1, 0.15) is 168 Å². The van der Waals surface area contributed by atoms with Gasteiger partial charge in [-0.1, -0.05) is 121 Å². The van der Waals surface area contributed by atoms with Gasteiger partial charge in [-0.15, -0.1) is 0 Å². The van der Waals surface area contributed by atoms with Crippen LogP contribution in [0.5, 0.6) is 0 Å². The maximum atomic E-state index is 12.7. The maximum absolute atomic E-state index is 12.7. The lowest BCUT2D eigenvalue weighted by molar-refractivity contribution is -0.161. The van der Waals surface area contributed by atoms with Crippen LogP contribution in [-0.4, -0.2) is 92.8 Å². The third-order valence-electron chi connectivity index (χ3n) is 9.19. The Morgan fingerprint density at radius 2 is 1.03 bits per heavy atom. The summed E-state index contributed by atoms with van der Waals surface area (Å²) in [4.78, 5) is 52.7. The lowest BCUT2D eigenvalue weighted by Gasteiger charge is -2.20. The summed E-state index contributed by atoms with van der Waals surface area (Å²) in [5.41, 5.74) is 0. The molecule has 0 aliphatic carbocycles. The summed E-state index contributed by atoms with van der Waals surface area (Å²) >= 11 is 0. The number of allylic oxidation sites excluding steroid dienone is 5. The van der Waals surface area contributed by atoms with E-state index in [4.69, 9.17) is 23.8 Å². The zero-order valence-electron chi connectivity index (χ0n) is 35.8. The van der Waals surface area contributed by atoms with Gasteiger partial charge in [0.2, 0.25) is 0 Å². The van der Waals surface area contributed by atoms with Crippen molar-refractivity contribution in [3.05, 3.63) is 36.5 Å². The molecule has 15 nitrogen and oxygen atoms in total. The molecule has 17 heteroatoms. The topological polar surface area (TPSA) is 236 Å². The van der Waals surface area contributed by atoms with Crippen molar-refractivity contribution in [1.29, 1.82) is 0 Å². The van der Waals surface area contributed by atoms with Crippen LogP contribution in [0.4, 0.5) is 0 Å². The van der Waals surface area contributed by atoms with Crippen LogP contribution in [0.2, 0.25) is 0 Å². The first kappa shape index (κ1) is 57.3. The van der Waals surface area contributed by atoms with E-state index in [2.05, 4.69) is 47.2 Å². The third-order valence-corrected chi connectivity index (χ3v) is 10.6. The second-order valence-corrected chi connectivity index (χ2v) is 17.6. The van der Waals surface area contributed by atoms with Crippen molar-refractivity contribution >= 4 is 27.6 Å². The highest BCUT2D eigenvalue weighted by Gasteiger charge is 2.28. The van der Waals surface area contributed by atoms with E-state index in [1.165, 1.54) is 25.7 Å². The highest BCUT2D eigenvalue weighted by Crippen LogP contribution is 2.43. The van der Waals surface area contributed by atoms with Gasteiger partial charge in [0.1, 0.15) is 12.7 Å². The van der Waals surface area contributed by atoms with E-state index in [-0.39, 0.29) is 12.8 Å². The van der Waals surface area contributed by atoms with Crippen LogP contribution in [0.15, 0.2) is 36.5 Å². The van der Waals surface area contributed by atoms with Gasteiger partial charge in [-0.05, 0) is 70.6 Å². The molecule has 0 spiro atoms. The van der Waals surface area contributed by atoms with Gasteiger partial charge < -0.3 is 39.5 Å². The molecule has 0 fully saturated rings. The zero-order valence-corrected chi connectivity index (χ0v) is 37.6. The number of carbonyl (C=O) groups excluding carboxylic acids is 2. The number of aliphatic hydroxyl groups excluding tert-OH is 3. The van der Waals surface area contributed by atoms with Crippen LogP contribution >= 0.6 is 15.6 Å². The monoisotopic (exact) mass is 884 g/mol. The van der Waals surface area contributed by atoms with Crippen LogP contribution in [0, 0.1) is 0 Å². The molecule has 0 heterocycles. The molecule has 1 unspecified atom stereocenters. The molecular formula is C42H78O15P2. The molecule has 0 saturated heterocycles. The summed E-state index contributed by atoms with van der Waals surface area (Å²) in [6.45, 7) is 1.48. The Morgan fingerprint density at radius 1 is 0.542 bits per heavy atom. The molecule has 346 valence electrons. The first-order valence-corrected chi connectivity index (χ1v) is 24.9. The lowest BCUT2D eigenvalue weighted by atomic mass is 10.0. The summed E-state index contributed by atoms with van der Waals surface area (Å²) in [7, 11) is -9.73. The van der Waals surface area contributed by atoms with Gasteiger partial charge in [-0.2, -0.15) is 0 Å². The predicted molar refractivity (Wildman–Crippen MR) is 228 cm³/mol. The number of esters is 2. The normalized spacial score (nSPS) is 15.5. The number of ether oxygens (including phenoxy) is 2. The van der Waals surface area contributed by atoms with E-state index in [0.717, 1.165) is 83.5 Å². The molecule has 0 aromatic rings. The molecule has 6 N–H and O–H groups in total. The molecule has 0 amide bonds. The maximum Gasteiger partial charge on any atom is 0.472 e. The minimum absolute atomic E-state index is 0.0292. The number of carbonyl (C=O) groups is 2. The molecule has 0 aliphatic rings. The van der Waals surface area contributed by atoms with E-state index in [9.17, 15) is 38.9 Å². The van der Waals surface area contributed by atoms with E-state index < -0.39 is 78.4 Å². The Hall–Kier alpha value is -1.74. The minimum Gasteiger partial charge on any atom is -0.462 e. The molecule has 0 aromatic heterocycles. The fourth-order valence-electron chi connectivity index (χ4n) is 5.69. The number of rotatable bonds is 41. The number of phosphoric acid groups is 2. The number of unbranched alkanes of at least 4 members (excludes halogenated alkanes) is 15. The van der Waals surface area contributed by atoms with Crippen molar-refractivity contribution in [2.45, 2.75) is 192 Å². The van der Waals surface area contributed by atoms with E-state index in [1.807, 2.05) is 12.2 Å². The second-order valence-electron chi connectivity index (χ2n) is 14.9. The van der Waals surface area contributed by atoms with E-state index in [1.54, 1.807) is 0 Å². The number of aliphatic hydroxyl groups is 3. The second kappa shape index (κ2) is 38.0. The first-order valence-electron chi connectivity index (χ1n) is 21.8. The first-order chi connectivity index (χ1) is 28.2. The quantitative estimate of drug-likeness (QED) is 0.0146. The predicted octanol–water partition coefficient (Wildman–Crippen LogP) is 8.84. The molecule has 59 heavy (non-hydrogen) atoms. The lowest BCUT2D eigenvalue weighted by Crippen LogP contribution is -2.30. The Morgan fingerprint density at radius 3 is 1.63 bits per heavy atom. The van der Waals surface area contributed by atoms with Gasteiger partial charge in [0.05, 0.1) is 32.0 Å². The third kappa shape index (κ3) is 40.1. The highest BCUT2D eigenvalue weighted by molar-refractivity contribution is 7.47. The highest BCUT2D eigenvalue weighted by atomic mass is 31.2. The molecule has 0 aliphatic heterocycles. The summed E-state index contributed by atoms with van der Waals surface area (Å²) in [6.07, 6.45) is 28.7. The Bertz CT molecular complexity index is 1220. The largest absolute Gasteiger partial charge is 0.472 e. The average molecular weight is 885 g/mol. The Labute approximate surface area is 353 Å². The van der Waals surface area contributed by atoms with Crippen LogP contribution < -0.4 is 0 Å². The smallest absolute Gasteiger partial charge is 0.462 e. The number of phosphoric ester groups is 2. The fraction of sp³-hybridized carbons (Fsp3) is 0.810. The van der Waals surface area contributed by atoms with Crippen molar-refractivity contribution in [1.82, 2.24) is 0 Å². The van der Waals surface area contributed by atoms with Gasteiger partial charge in [0.15, 0.2) is 6.10 Å². The number of hydrogen-bond acceptors (Lipinski definition) is 12. The zero-order chi connectivity index (χ0) is 44.0. The van der Waals surface area contributed by atoms with Crippen molar-refractivity contribution in [2.75, 3.05) is 26.4 Å². The number of hydrogen-bond donors (Lipinski definition) is 6.